The maximum absolute atomic E-state index is 5.35. The first kappa shape index (κ1) is 20.8. The van der Waals surface area contributed by atoms with Gasteiger partial charge in [0.1, 0.15) is 5.82 Å². The predicted octanol–water partition coefficient (Wildman–Crippen LogP) is 3.49. The number of hydrogen-bond acceptors (Lipinski definition) is 9. The van der Waals surface area contributed by atoms with E-state index >= 15 is 0 Å². The quantitative estimate of drug-likeness (QED) is 0.637. The number of ether oxygens (including phenoxy) is 1. The number of rotatable bonds is 8. The average Bonchev–Trinajstić information content (AvgIpc) is 3.02. The minimum Gasteiger partial charge on any atom is -0.481 e. The highest BCUT2D eigenvalue weighted by atomic mass is 32.2. The summed E-state index contributed by atoms with van der Waals surface area (Å²) in [5, 5.41) is 6.57. The standard InChI is InChI=1S/C20H25N7OS/c1-14(9-25-20-26-10-15(29-3)11-27-20)8-23-18-13-22-17(12-24-18)16-6-4-5-7-21-19(16)28-2/h5-7,10-14H,4,8-9H2,1-3H3,(H,23,24)(H,25,26,27). The van der Waals surface area contributed by atoms with Gasteiger partial charge in [0.25, 0.3) is 0 Å². The summed E-state index contributed by atoms with van der Waals surface area (Å²) in [6, 6.07) is 0. The normalized spacial score (nSPS) is 14.4. The van der Waals surface area contributed by atoms with Gasteiger partial charge in [0.2, 0.25) is 11.8 Å². The lowest BCUT2D eigenvalue weighted by Crippen LogP contribution is -2.21. The van der Waals surface area contributed by atoms with Crippen molar-refractivity contribution in [2.75, 3.05) is 37.1 Å². The maximum atomic E-state index is 5.35. The van der Waals surface area contributed by atoms with Crippen molar-refractivity contribution in [3.05, 3.63) is 48.8 Å². The van der Waals surface area contributed by atoms with Gasteiger partial charge in [-0.3, -0.25) is 4.98 Å². The van der Waals surface area contributed by atoms with Crippen LogP contribution in [0.25, 0.3) is 5.57 Å². The summed E-state index contributed by atoms with van der Waals surface area (Å²) >= 11 is 1.62. The molecule has 2 N–H and O–H groups in total. The Morgan fingerprint density at radius 1 is 1.07 bits per heavy atom. The van der Waals surface area contributed by atoms with Crippen molar-refractivity contribution >= 4 is 35.0 Å². The number of nitrogens with zero attached hydrogens (tertiary/aromatic N) is 5. The minimum atomic E-state index is 0.350. The van der Waals surface area contributed by atoms with Gasteiger partial charge in [-0.05, 0) is 18.6 Å². The Balaban J connectivity index is 1.50. The van der Waals surface area contributed by atoms with Gasteiger partial charge in [-0.15, -0.1) is 11.8 Å². The molecule has 3 rings (SSSR count). The second kappa shape index (κ2) is 10.6. The lowest BCUT2D eigenvalue weighted by atomic mass is 10.1. The van der Waals surface area contributed by atoms with Crippen LogP contribution in [0, 0.1) is 5.92 Å². The number of thioether (sulfide) groups is 1. The molecule has 0 saturated heterocycles. The van der Waals surface area contributed by atoms with E-state index in [0.717, 1.165) is 41.5 Å². The number of methoxy groups -OCH3 is 1. The highest BCUT2D eigenvalue weighted by Gasteiger charge is 2.13. The molecule has 0 spiro atoms. The maximum Gasteiger partial charge on any atom is 0.222 e. The second-order valence-corrected chi connectivity index (χ2v) is 7.36. The summed E-state index contributed by atoms with van der Waals surface area (Å²) in [5.41, 5.74) is 1.59. The molecule has 1 aliphatic rings. The smallest absolute Gasteiger partial charge is 0.222 e. The van der Waals surface area contributed by atoms with E-state index in [2.05, 4.69) is 42.5 Å². The van der Waals surface area contributed by atoms with Gasteiger partial charge < -0.3 is 15.4 Å². The van der Waals surface area contributed by atoms with Crippen molar-refractivity contribution in [3.63, 3.8) is 0 Å². The first-order valence-electron chi connectivity index (χ1n) is 9.33. The molecule has 9 heteroatoms. The number of anilines is 2. The molecule has 1 atom stereocenters. The van der Waals surface area contributed by atoms with Gasteiger partial charge in [-0.25, -0.2) is 19.9 Å². The molecular weight excluding hydrogens is 386 g/mol. The fraction of sp³-hybridized carbons (Fsp3) is 0.350. The van der Waals surface area contributed by atoms with Crippen LogP contribution in [0.4, 0.5) is 11.8 Å². The first-order chi connectivity index (χ1) is 14.2. The summed E-state index contributed by atoms with van der Waals surface area (Å²) in [7, 11) is 1.60. The Labute approximate surface area is 175 Å². The first-order valence-corrected chi connectivity index (χ1v) is 10.6. The highest BCUT2D eigenvalue weighted by Crippen LogP contribution is 2.18. The number of aromatic nitrogens is 4. The summed E-state index contributed by atoms with van der Waals surface area (Å²) in [4.78, 5) is 22.9. The molecule has 8 nitrogen and oxygen atoms in total. The average molecular weight is 412 g/mol. The fourth-order valence-electron chi connectivity index (χ4n) is 2.59. The minimum absolute atomic E-state index is 0.350. The molecule has 0 amide bonds. The Hall–Kier alpha value is -2.94. The Bertz CT molecular complexity index is 879. The molecule has 2 aromatic heterocycles. The predicted molar refractivity (Wildman–Crippen MR) is 118 cm³/mol. The van der Waals surface area contributed by atoms with E-state index in [1.807, 2.05) is 30.8 Å². The van der Waals surface area contributed by atoms with E-state index in [-0.39, 0.29) is 0 Å². The van der Waals surface area contributed by atoms with Gasteiger partial charge in [0, 0.05) is 36.6 Å². The van der Waals surface area contributed by atoms with E-state index in [4.69, 9.17) is 4.74 Å². The van der Waals surface area contributed by atoms with Crippen molar-refractivity contribution in [2.24, 2.45) is 10.9 Å². The van der Waals surface area contributed by atoms with Gasteiger partial charge in [0.05, 0.1) is 30.8 Å². The van der Waals surface area contributed by atoms with Crippen LogP contribution in [0.2, 0.25) is 0 Å². The molecule has 3 heterocycles. The van der Waals surface area contributed by atoms with Crippen LogP contribution in [-0.2, 0) is 4.74 Å². The van der Waals surface area contributed by atoms with Crippen LogP contribution in [-0.4, -0.2) is 52.3 Å². The number of hydrogen-bond donors (Lipinski definition) is 2. The SMILES string of the molecule is COC1=NC=CCC=C1c1cnc(NCC(C)CNc2ncc(SC)cn2)cn1. The summed E-state index contributed by atoms with van der Waals surface area (Å²) in [6.07, 6.45) is 15.6. The molecule has 1 aliphatic heterocycles. The van der Waals surface area contributed by atoms with Crippen molar-refractivity contribution < 1.29 is 4.74 Å². The van der Waals surface area contributed by atoms with Gasteiger partial charge in [-0.2, -0.15) is 0 Å². The molecule has 0 saturated carbocycles. The Morgan fingerprint density at radius 3 is 2.55 bits per heavy atom. The molecule has 0 fully saturated rings. The van der Waals surface area contributed by atoms with Crippen LogP contribution in [0.5, 0.6) is 0 Å². The van der Waals surface area contributed by atoms with Gasteiger partial charge in [-0.1, -0.05) is 19.1 Å². The number of nitrogens with one attached hydrogen (secondary N) is 2. The van der Waals surface area contributed by atoms with Crippen LogP contribution in [0.1, 0.15) is 19.0 Å². The molecule has 2 aromatic rings. The molecule has 152 valence electrons. The third-order valence-corrected chi connectivity index (χ3v) is 4.89. The van der Waals surface area contributed by atoms with Gasteiger partial charge in [0.15, 0.2) is 0 Å². The van der Waals surface area contributed by atoms with E-state index in [0.29, 0.717) is 17.8 Å². The Morgan fingerprint density at radius 2 is 1.86 bits per heavy atom. The molecule has 0 aliphatic carbocycles. The highest BCUT2D eigenvalue weighted by molar-refractivity contribution is 7.98. The Kier molecular flexibility index (Phi) is 7.57. The summed E-state index contributed by atoms with van der Waals surface area (Å²) < 4.78 is 5.35. The zero-order valence-corrected chi connectivity index (χ0v) is 17.6. The largest absolute Gasteiger partial charge is 0.481 e. The van der Waals surface area contributed by atoms with Crippen molar-refractivity contribution in [1.29, 1.82) is 0 Å². The molecule has 0 aromatic carbocycles. The van der Waals surface area contributed by atoms with Crippen LogP contribution in [0.3, 0.4) is 0 Å². The third kappa shape index (κ3) is 6.02. The molecule has 0 radical (unpaired) electrons. The van der Waals surface area contributed by atoms with Crippen LogP contribution in [0.15, 0.2) is 53.0 Å². The number of aliphatic imine (C=N–C) groups is 1. The zero-order chi connectivity index (χ0) is 20.5. The zero-order valence-electron chi connectivity index (χ0n) is 16.8. The number of allylic oxidation sites excluding steroid dienone is 2. The molecule has 29 heavy (non-hydrogen) atoms. The topological polar surface area (TPSA) is 97.2 Å². The van der Waals surface area contributed by atoms with E-state index < -0.39 is 0 Å². The van der Waals surface area contributed by atoms with Crippen molar-refractivity contribution in [1.82, 2.24) is 19.9 Å². The summed E-state index contributed by atoms with van der Waals surface area (Å²) in [6.45, 7) is 3.65. The van der Waals surface area contributed by atoms with Crippen molar-refractivity contribution in [3.8, 4) is 0 Å². The lowest BCUT2D eigenvalue weighted by molar-refractivity contribution is 0.409. The van der Waals surface area contributed by atoms with E-state index in [1.165, 1.54) is 0 Å². The second-order valence-electron chi connectivity index (χ2n) is 6.48. The lowest BCUT2D eigenvalue weighted by Gasteiger charge is -2.14. The van der Waals surface area contributed by atoms with Crippen LogP contribution >= 0.6 is 11.8 Å². The van der Waals surface area contributed by atoms with E-state index in [9.17, 15) is 0 Å². The summed E-state index contributed by atoms with van der Waals surface area (Å²) in [5.74, 6) is 2.26. The monoisotopic (exact) mass is 411 g/mol. The molecular formula is C20H25N7OS. The van der Waals surface area contributed by atoms with Gasteiger partial charge >= 0.3 is 0 Å². The van der Waals surface area contributed by atoms with Crippen molar-refractivity contribution in [2.45, 2.75) is 18.2 Å². The van der Waals surface area contributed by atoms with Crippen LogP contribution < -0.4 is 10.6 Å². The third-order valence-electron chi connectivity index (χ3n) is 4.21. The van der Waals surface area contributed by atoms with E-state index in [1.54, 1.807) is 37.5 Å². The fourth-order valence-corrected chi connectivity index (χ4v) is 2.90. The molecule has 0 bridgehead atoms. The molecule has 1 unspecified atom stereocenters.